The van der Waals surface area contributed by atoms with Crippen molar-refractivity contribution in [2.24, 2.45) is 29.6 Å². The van der Waals surface area contributed by atoms with Crippen LogP contribution in [0.1, 0.15) is 45.4 Å². The van der Waals surface area contributed by atoms with Gasteiger partial charge in [-0.1, -0.05) is 6.92 Å². The van der Waals surface area contributed by atoms with Crippen LogP contribution < -0.4 is 5.32 Å². The summed E-state index contributed by atoms with van der Waals surface area (Å²) >= 11 is 0. The lowest BCUT2D eigenvalue weighted by molar-refractivity contribution is -0.146. The van der Waals surface area contributed by atoms with Gasteiger partial charge in [0.05, 0.1) is 0 Å². The molecule has 2 N–H and O–H groups in total. The van der Waals surface area contributed by atoms with Crippen LogP contribution in [0.4, 0.5) is 0 Å². The average molecular weight is 265 g/mol. The van der Waals surface area contributed by atoms with Crippen LogP contribution in [0, 0.1) is 29.6 Å². The number of carbonyl (C=O) groups is 2. The lowest BCUT2D eigenvalue weighted by Crippen LogP contribution is -2.53. The minimum absolute atomic E-state index is 0.00282. The number of hydrogen-bond donors (Lipinski definition) is 2. The maximum absolute atomic E-state index is 12.4. The number of amides is 1. The number of carboxylic acids is 1. The maximum atomic E-state index is 12.4. The molecule has 0 aromatic carbocycles. The first-order chi connectivity index (χ1) is 9.08. The van der Waals surface area contributed by atoms with E-state index in [0.717, 1.165) is 11.8 Å². The number of carbonyl (C=O) groups excluding carboxylic acids is 1. The van der Waals surface area contributed by atoms with Crippen LogP contribution in [-0.2, 0) is 9.59 Å². The highest BCUT2D eigenvalue weighted by molar-refractivity contribution is 5.85. The summed E-state index contributed by atoms with van der Waals surface area (Å²) in [7, 11) is 0. The van der Waals surface area contributed by atoms with Crippen LogP contribution in [0.25, 0.3) is 0 Å². The summed E-state index contributed by atoms with van der Waals surface area (Å²) in [5.74, 6) is 1.88. The van der Waals surface area contributed by atoms with Crippen LogP contribution in [0.15, 0.2) is 0 Å². The average Bonchev–Trinajstić information content (AvgIpc) is 2.34. The molecule has 4 fully saturated rings. The number of carboxylic acid groups (broad SMARTS) is 1. The fourth-order valence-electron chi connectivity index (χ4n) is 4.96. The molecule has 0 spiro atoms. The third-order valence-corrected chi connectivity index (χ3v) is 5.55. The van der Waals surface area contributed by atoms with E-state index in [1.165, 1.54) is 32.1 Å². The van der Waals surface area contributed by atoms with Gasteiger partial charge in [0.15, 0.2) is 0 Å². The normalized spacial score (nSPS) is 41.0. The second-order valence-corrected chi connectivity index (χ2v) is 6.76. The first kappa shape index (κ1) is 12.9. The highest BCUT2D eigenvalue weighted by Crippen LogP contribution is 2.56. The Morgan fingerprint density at radius 3 is 2.05 bits per heavy atom. The maximum Gasteiger partial charge on any atom is 0.326 e. The Morgan fingerprint density at radius 1 is 1.11 bits per heavy atom. The summed E-state index contributed by atoms with van der Waals surface area (Å²) in [5, 5.41) is 11.8. The molecule has 0 aromatic rings. The minimum atomic E-state index is -0.917. The molecule has 4 heteroatoms. The molecule has 0 heterocycles. The molecule has 4 saturated carbocycles. The molecule has 0 aromatic heterocycles. The van der Waals surface area contributed by atoms with Crippen molar-refractivity contribution in [3.05, 3.63) is 0 Å². The highest BCUT2D eigenvalue weighted by atomic mass is 16.4. The fourth-order valence-corrected chi connectivity index (χ4v) is 4.96. The third-order valence-electron chi connectivity index (χ3n) is 5.55. The molecule has 0 aliphatic heterocycles. The van der Waals surface area contributed by atoms with Crippen molar-refractivity contribution in [2.75, 3.05) is 0 Å². The van der Waals surface area contributed by atoms with E-state index in [9.17, 15) is 9.59 Å². The van der Waals surface area contributed by atoms with Gasteiger partial charge in [0, 0.05) is 5.92 Å². The first-order valence-corrected chi connectivity index (χ1v) is 7.61. The monoisotopic (exact) mass is 265 g/mol. The molecule has 4 nitrogen and oxygen atoms in total. The van der Waals surface area contributed by atoms with Gasteiger partial charge in [0.1, 0.15) is 6.04 Å². The predicted molar refractivity (Wildman–Crippen MR) is 70.4 cm³/mol. The van der Waals surface area contributed by atoms with Gasteiger partial charge in [-0.2, -0.15) is 0 Å². The number of aliphatic carboxylic acids is 1. The van der Waals surface area contributed by atoms with E-state index >= 15 is 0 Å². The molecule has 0 radical (unpaired) electrons. The summed E-state index contributed by atoms with van der Waals surface area (Å²) in [6.07, 6.45) is 6.58. The van der Waals surface area contributed by atoms with Crippen LogP contribution in [0.2, 0.25) is 0 Å². The van der Waals surface area contributed by atoms with Crippen LogP contribution >= 0.6 is 0 Å². The molecule has 4 rings (SSSR count). The van der Waals surface area contributed by atoms with Crippen molar-refractivity contribution in [1.29, 1.82) is 0 Å². The zero-order chi connectivity index (χ0) is 13.6. The molecule has 0 saturated heterocycles. The molecule has 106 valence electrons. The van der Waals surface area contributed by atoms with Crippen LogP contribution in [-0.4, -0.2) is 23.0 Å². The lowest BCUT2D eigenvalue weighted by Gasteiger charge is -2.53. The second kappa shape index (κ2) is 4.80. The summed E-state index contributed by atoms with van der Waals surface area (Å²) in [4.78, 5) is 23.5. The van der Waals surface area contributed by atoms with Crippen molar-refractivity contribution in [1.82, 2.24) is 5.32 Å². The summed E-state index contributed by atoms with van der Waals surface area (Å²) < 4.78 is 0. The summed E-state index contributed by atoms with van der Waals surface area (Å²) in [5.41, 5.74) is 0. The molecular weight excluding hydrogens is 242 g/mol. The molecule has 19 heavy (non-hydrogen) atoms. The number of hydrogen-bond acceptors (Lipinski definition) is 2. The van der Waals surface area contributed by atoms with Crippen molar-refractivity contribution in [2.45, 2.75) is 51.5 Å². The third kappa shape index (κ3) is 2.26. The molecule has 1 atom stereocenters. The van der Waals surface area contributed by atoms with E-state index in [0.29, 0.717) is 18.3 Å². The van der Waals surface area contributed by atoms with E-state index in [2.05, 4.69) is 5.32 Å². The van der Waals surface area contributed by atoms with Crippen molar-refractivity contribution < 1.29 is 14.7 Å². The number of nitrogens with one attached hydrogen (secondary N) is 1. The predicted octanol–water partition coefficient (Wildman–Crippen LogP) is 2.04. The van der Waals surface area contributed by atoms with Gasteiger partial charge < -0.3 is 10.4 Å². The summed E-state index contributed by atoms with van der Waals surface area (Å²) in [6, 6.07) is -0.718. The first-order valence-electron chi connectivity index (χ1n) is 7.61. The summed E-state index contributed by atoms with van der Waals surface area (Å²) in [6.45, 7) is 1.80. The van der Waals surface area contributed by atoms with Crippen molar-refractivity contribution in [3.8, 4) is 0 Å². The topological polar surface area (TPSA) is 66.4 Å². The van der Waals surface area contributed by atoms with E-state index in [1.807, 2.05) is 0 Å². The van der Waals surface area contributed by atoms with Crippen molar-refractivity contribution >= 4 is 11.9 Å². The van der Waals surface area contributed by atoms with Gasteiger partial charge in [-0.15, -0.1) is 0 Å². The van der Waals surface area contributed by atoms with E-state index in [1.54, 1.807) is 6.92 Å². The Hall–Kier alpha value is -1.06. The van der Waals surface area contributed by atoms with E-state index < -0.39 is 12.0 Å². The van der Waals surface area contributed by atoms with Gasteiger partial charge in [0.25, 0.3) is 0 Å². The standard InChI is InChI=1S/C15H23NO3/c1-2-12(15(18)19)16-14(17)13-10-4-8-3-9(6-10)7-11(13)5-8/h8-13H,2-7H2,1H3,(H,16,17)(H,18,19)/t8?,9?,10?,11?,12-,13?/m0/s1. The van der Waals surface area contributed by atoms with Gasteiger partial charge in [-0.05, 0) is 62.2 Å². The Labute approximate surface area is 113 Å². The minimum Gasteiger partial charge on any atom is -0.480 e. The Kier molecular flexibility index (Phi) is 3.27. The van der Waals surface area contributed by atoms with Gasteiger partial charge in [-0.3, -0.25) is 4.79 Å². The molecular formula is C15H23NO3. The zero-order valence-electron chi connectivity index (χ0n) is 11.5. The van der Waals surface area contributed by atoms with Crippen LogP contribution in [0.3, 0.4) is 0 Å². The Morgan fingerprint density at radius 2 is 1.63 bits per heavy atom. The largest absolute Gasteiger partial charge is 0.480 e. The Balaban J connectivity index is 1.68. The van der Waals surface area contributed by atoms with Gasteiger partial charge >= 0.3 is 5.97 Å². The molecule has 1 amide bonds. The SMILES string of the molecule is CC[C@H](NC(=O)C1C2CC3CC(C2)CC1C3)C(=O)O. The van der Waals surface area contributed by atoms with Crippen molar-refractivity contribution in [3.63, 3.8) is 0 Å². The molecule has 4 bridgehead atoms. The number of rotatable bonds is 4. The zero-order valence-corrected chi connectivity index (χ0v) is 11.5. The molecule has 4 aliphatic carbocycles. The molecule has 0 unspecified atom stereocenters. The molecule has 4 aliphatic rings. The highest BCUT2D eigenvalue weighted by Gasteiger charge is 2.50. The van der Waals surface area contributed by atoms with E-state index in [4.69, 9.17) is 5.11 Å². The lowest BCUT2D eigenvalue weighted by atomic mass is 9.51. The fraction of sp³-hybridized carbons (Fsp3) is 0.867. The van der Waals surface area contributed by atoms with E-state index in [-0.39, 0.29) is 11.8 Å². The van der Waals surface area contributed by atoms with Gasteiger partial charge in [0.2, 0.25) is 5.91 Å². The van der Waals surface area contributed by atoms with Crippen LogP contribution in [0.5, 0.6) is 0 Å². The second-order valence-electron chi connectivity index (χ2n) is 6.76. The Bertz CT molecular complexity index is 365. The van der Waals surface area contributed by atoms with Gasteiger partial charge in [-0.25, -0.2) is 4.79 Å². The smallest absolute Gasteiger partial charge is 0.326 e. The quantitative estimate of drug-likeness (QED) is 0.817.